The number of carbonyl (C=O) groups is 2. The summed E-state index contributed by atoms with van der Waals surface area (Å²) in [4.78, 5) is 35.7. The van der Waals surface area contributed by atoms with E-state index in [1.54, 1.807) is 20.8 Å². The van der Waals surface area contributed by atoms with Crippen molar-refractivity contribution in [3.8, 4) is 5.69 Å². The Bertz CT molecular complexity index is 853. The van der Waals surface area contributed by atoms with Crippen LogP contribution in [-0.4, -0.2) is 32.8 Å². The summed E-state index contributed by atoms with van der Waals surface area (Å²) < 4.78 is 14.0. The number of carbonyl (C=O) groups excluding carboxylic acids is 1. The molecular formula is C17H18FN3O4. The molecule has 1 aromatic carbocycles. The molecule has 1 heterocycles. The van der Waals surface area contributed by atoms with Gasteiger partial charge < -0.3 is 10.4 Å². The molecule has 0 aliphatic heterocycles. The molecule has 0 saturated heterocycles. The molecule has 2 aromatic rings. The van der Waals surface area contributed by atoms with Crippen LogP contribution in [0.4, 0.5) is 4.39 Å². The molecule has 0 aliphatic rings. The summed E-state index contributed by atoms with van der Waals surface area (Å²) in [5.74, 6) is -2.37. The number of aromatic nitrogens is 2. The molecule has 8 heteroatoms. The lowest BCUT2D eigenvalue weighted by atomic mass is 9.86. The Labute approximate surface area is 143 Å². The molecule has 25 heavy (non-hydrogen) atoms. The normalized spacial score (nSPS) is 12.5. The third-order valence-electron chi connectivity index (χ3n) is 3.49. The number of benzene rings is 1. The largest absolute Gasteiger partial charge is 0.480 e. The molecule has 132 valence electrons. The van der Waals surface area contributed by atoms with Crippen LogP contribution in [0.15, 0.2) is 41.2 Å². The quantitative estimate of drug-likeness (QED) is 0.875. The van der Waals surface area contributed by atoms with Crippen molar-refractivity contribution in [1.29, 1.82) is 0 Å². The Hall–Kier alpha value is -3.03. The maximum absolute atomic E-state index is 13.0. The first-order chi connectivity index (χ1) is 11.6. The topological polar surface area (TPSA) is 101 Å². The number of halogens is 1. The van der Waals surface area contributed by atoms with E-state index in [1.807, 2.05) is 0 Å². The van der Waals surface area contributed by atoms with Gasteiger partial charge in [0.05, 0.1) is 5.69 Å². The molecule has 2 N–H and O–H groups in total. The van der Waals surface area contributed by atoms with E-state index in [2.05, 4.69) is 10.4 Å². The fourth-order valence-corrected chi connectivity index (χ4v) is 2.15. The minimum atomic E-state index is -1.17. The van der Waals surface area contributed by atoms with Gasteiger partial charge in [0.25, 0.3) is 11.5 Å². The second kappa shape index (κ2) is 6.84. The highest BCUT2D eigenvalue weighted by atomic mass is 19.1. The van der Waals surface area contributed by atoms with E-state index in [9.17, 15) is 23.9 Å². The zero-order valence-corrected chi connectivity index (χ0v) is 14.0. The number of amides is 1. The number of aliphatic carboxylic acids is 1. The number of nitrogens with zero attached hydrogens (tertiary/aromatic N) is 2. The number of nitrogens with one attached hydrogen (secondary N) is 1. The monoisotopic (exact) mass is 347 g/mol. The summed E-state index contributed by atoms with van der Waals surface area (Å²) in [6.07, 6.45) is 0. The predicted molar refractivity (Wildman–Crippen MR) is 88.1 cm³/mol. The van der Waals surface area contributed by atoms with Gasteiger partial charge in [-0.15, -0.1) is 0 Å². The maximum Gasteiger partial charge on any atom is 0.326 e. The first-order valence-corrected chi connectivity index (χ1v) is 7.49. The fraction of sp³-hybridized carbons (Fsp3) is 0.294. The SMILES string of the molecule is CC(C)(C)C(NC(=O)c1ccc(=O)n(-c2ccc(F)cc2)n1)C(=O)O. The molecule has 2 rings (SSSR count). The van der Waals surface area contributed by atoms with E-state index in [1.165, 1.54) is 18.2 Å². The van der Waals surface area contributed by atoms with Gasteiger partial charge in [-0.05, 0) is 35.7 Å². The van der Waals surface area contributed by atoms with Gasteiger partial charge in [-0.2, -0.15) is 9.78 Å². The Morgan fingerprint density at radius 2 is 1.76 bits per heavy atom. The zero-order chi connectivity index (χ0) is 18.8. The van der Waals surface area contributed by atoms with Crippen LogP contribution in [0.25, 0.3) is 5.69 Å². The van der Waals surface area contributed by atoms with E-state index < -0.39 is 34.7 Å². The number of rotatable bonds is 4. The summed E-state index contributed by atoms with van der Waals surface area (Å²) in [7, 11) is 0. The van der Waals surface area contributed by atoms with Crippen molar-refractivity contribution in [1.82, 2.24) is 15.1 Å². The van der Waals surface area contributed by atoms with Crippen molar-refractivity contribution in [2.24, 2.45) is 5.41 Å². The average molecular weight is 347 g/mol. The summed E-state index contributed by atoms with van der Waals surface area (Å²) in [6, 6.07) is 6.23. The number of hydrogen-bond donors (Lipinski definition) is 2. The lowest BCUT2D eigenvalue weighted by molar-refractivity contribution is -0.142. The van der Waals surface area contributed by atoms with Crippen LogP contribution in [0.2, 0.25) is 0 Å². The van der Waals surface area contributed by atoms with Crippen LogP contribution in [0.1, 0.15) is 31.3 Å². The maximum atomic E-state index is 13.0. The molecular weight excluding hydrogens is 329 g/mol. The van der Waals surface area contributed by atoms with Gasteiger partial charge >= 0.3 is 5.97 Å². The van der Waals surface area contributed by atoms with Gasteiger partial charge in [0.15, 0.2) is 0 Å². The number of carboxylic acids is 1. The summed E-state index contributed by atoms with van der Waals surface area (Å²) in [6.45, 7) is 5.04. The van der Waals surface area contributed by atoms with Gasteiger partial charge in [-0.3, -0.25) is 9.59 Å². The van der Waals surface area contributed by atoms with Crippen molar-refractivity contribution < 1.29 is 19.1 Å². The van der Waals surface area contributed by atoms with Crippen LogP contribution in [0, 0.1) is 11.2 Å². The summed E-state index contributed by atoms with van der Waals surface area (Å²) >= 11 is 0. The average Bonchev–Trinajstić information content (AvgIpc) is 2.52. The van der Waals surface area contributed by atoms with E-state index in [0.29, 0.717) is 0 Å². The first-order valence-electron chi connectivity index (χ1n) is 7.49. The second-order valence-electron chi connectivity index (χ2n) is 6.56. The van der Waals surface area contributed by atoms with Crippen molar-refractivity contribution in [2.45, 2.75) is 26.8 Å². The molecule has 0 fully saturated rings. The molecule has 0 bridgehead atoms. The van der Waals surface area contributed by atoms with Crippen molar-refractivity contribution in [2.75, 3.05) is 0 Å². The Morgan fingerprint density at radius 1 is 1.16 bits per heavy atom. The van der Waals surface area contributed by atoms with Crippen LogP contribution >= 0.6 is 0 Å². The highest BCUT2D eigenvalue weighted by Crippen LogP contribution is 2.19. The van der Waals surface area contributed by atoms with Gasteiger partial charge in [0, 0.05) is 6.07 Å². The summed E-state index contributed by atoms with van der Waals surface area (Å²) in [5.41, 5.74) is -1.06. The predicted octanol–water partition coefficient (Wildman–Crippen LogP) is 1.60. The molecule has 1 atom stereocenters. The number of carboxylic acid groups (broad SMARTS) is 1. The first kappa shape index (κ1) is 18.3. The van der Waals surface area contributed by atoms with Crippen molar-refractivity contribution in [3.05, 3.63) is 58.3 Å². The lowest BCUT2D eigenvalue weighted by Crippen LogP contribution is -2.49. The van der Waals surface area contributed by atoms with Gasteiger partial charge in [0.2, 0.25) is 0 Å². The summed E-state index contributed by atoms with van der Waals surface area (Å²) in [5, 5.41) is 15.6. The Morgan fingerprint density at radius 3 is 2.28 bits per heavy atom. The minimum Gasteiger partial charge on any atom is -0.480 e. The van der Waals surface area contributed by atoms with E-state index in [0.717, 1.165) is 22.9 Å². The van der Waals surface area contributed by atoms with Gasteiger partial charge in [-0.25, -0.2) is 9.18 Å². The standard InChI is InChI=1S/C17H18FN3O4/c1-17(2,3)14(16(24)25)19-15(23)12-8-9-13(22)21(20-12)11-6-4-10(18)5-7-11/h4-9,14H,1-3H3,(H,19,23)(H,24,25). The molecule has 1 amide bonds. The third kappa shape index (κ3) is 4.28. The highest BCUT2D eigenvalue weighted by Gasteiger charge is 2.33. The fourth-order valence-electron chi connectivity index (χ4n) is 2.15. The number of hydrogen-bond acceptors (Lipinski definition) is 4. The molecule has 1 unspecified atom stereocenters. The van der Waals surface area contributed by atoms with Gasteiger partial charge in [0.1, 0.15) is 17.6 Å². The van der Waals surface area contributed by atoms with E-state index in [-0.39, 0.29) is 11.4 Å². The Balaban J connectivity index is 2.35. The van der Waals surface area contributed by atoms with Crippen molar-refractivity contribution in [3.63, 3.8) is 0 Å². The van der Waals surface area contributed by atoms with E-state index >= 15 is 0 Å². The molecule has 0 radical (unpaired) electrons. The Kier molecular flexibility index (Phi) is 5.01. The smallest absolute Gasteiger partial charge is 0.326 e. The van der Waals surface area contributed by atoms with E-state index in [4.69, 9.17) is 0 Å². The van der Waals surface area contributed by atoms with Crippen molar-refractivity contribution >= 4 is 11.9 Å². The highest BCUT2D eigenvalue weighted by molar-refractivity contribution is 5.95. The van der Waals surface area contributed by atoms with Crippen LogP contribution in [-0.2, 0) is 4.79 Å². The molecule has 0 spiro atoms. The molecule has 0 aliphatic carbocycles. The van der Waals surface area contributed by atoms with Crippen LogP contribution in [0.3, 0.4) is 0 Å². The lowest BCUT2D eigenvalue weighted by Gasteiger charge is -2.27. The minimum absolute atomic E-state index is 0.126. The third-order valence-corrected chi connectivity index (χ3v) is 3.49. The molecule has 0 saturated carbocycles. The second-order valence-corrected chi connectivity index (χ2v) is 6.56. The van der Waals surface area contributed by atoms with Crippen LogP contribution < -0.4 is 10.9 Å². The van der Waals surface area contributed by atoms with Gasteiger partial charge in [-0.1, -0.05) is 20.8 Å². The molecule has 7 nitrogen and oxygen atoms in total. The van der Waals surface area contributed by atoms with Crippen LogP contribution in [0.5, 0.6) is 0 Å². The zero-order valence-electron chi connectivity index (χ0n) is 14.0. The molecule has 1 aromatic heterocycles.